The zero-order chi connectivity index (χ0) is 21.5. The van der Waals surface area contributed by atoms with Gasteiger partial charge in [0.15, 0.2) is 5.92 Å². The van der Waals surface area contributed by atoms with Gasteiger partial charge in [0.1, 0.15) is 16.7 Å². The molecule has 0 fully saturated rings. The fourth-order valence-electron chi connectivity index (χ4n) is 2.90. The molecule has 0 bridgehead atoms. The highest BCUT2D eigenvalue weighted by Gasteiger charge is 2.35. The number of carbonyl (C=O) groups excluding carboxylic acids is 2. The summed E-state index contributed by atoms with van der Waals surface area (Å²) in [6, 6.07) is 14.4. The third kappa shape index (κ3) is 5.12. The van der Waals surface area contributed by atoms with Crippen LogP contribution in [0.15, 0.2) is 67.0 Å². The van der Waals surface area contributed by atoms with E-state index in [1.54, 1.807) is 49.6 Å². The molecule has 0 saturated heterocycles. The Morgan fingerprint density at radius 3 is 2.47 bits per heavy atom. The van der Waals surface area contributed by atoms with Gasteiger partial charge >= 0.3 is 5.97 Å². The number of carbonyl (C=O) groups is 2. The molecule has 2 heterocycles. The third-order valence-corrected chi connectivity index (χ3v) is 4.54. The molecule has 0 aliphatic rings. The molecule has 0 aliphatic heterocycles. The van der Waals surface area contributed by atoms with Crippen LogP contribution in [0.4, 0.5) is 5.82 Å². The van der Waals surface area contributed by atoms with E-state index >= 15 is 0 Å². The number of aromatic hydroxyl groups is 1. The van der Waals surface area contributed by atoms with E-state index in [2.05, 4.69) is 9.97 Å². The molecule has 0 aliphatic carbocycles. The number of ether oxygens (including phenoxy) is 1. The summed E-state index contributed by atoms with van der Waals surface area (Å²) in [5.74, 6) is -1.99. The maximum absolute atomic E-state index is 13.6. The molecular formula is C22H20ClN3O4. The molecule has 1 N–H and O–H groups in total. The molecule has 2 aromatic heterocycles. The number of phenolic OH excluding ortho intramolecular Hbond substituents is 1. The second-order valence-electron chi connectivity index (χ2n) is 6.38. The van der Waals surface area contributed by atoms with E-state index in [1.807, 2.05) is 0 Å². The smallest absolute Gasteiger partial charge is 0.323 e. The Hall–Kier alpha value is -3.45. The summed E-state index contributed by atoms with van der Waals surface area (Å²) in [7, 11) is 0. The second kappa shape index (κ2) is 9.84. The van der Waals surface area contributed by atoms with Crippen molar-refractivity contribution >= 4 is 29.3 Å². The van der Waals surface area contributed by atoms with E-state index < -0.39 is 17.8 Å². The molecule has 7 nitrogen and oxygen atoms in total. The minimum Gasteiger partial charge on any atom is -0.508 e. The third-order valence-electron chi connectivity index (χ3n) is 4.32. The molecule has 1 unspecified atom stereocenters. The van der Waals surface area contributed by atoms with Crippen molar-refractivity contribution in [2.45, 2.75) is 19.4 Å². The first-order valence-corrected chi connectivity index (χ1v) is 9.65. The summed E-state index contributed by atoms with van der Waals surface area (Å²) in [4.78, 5) is 36.0. The molecule has 3 aromatic rings. The van der Waals surface area contributed by atoms with E-state index in [0.29, 0.717) is 22.1 Å². The van der Waals surface area contributed by atoms with Crippen molar-refractivity contribution in [2.75, 3.05) is 11.5 Å². The second-order valence-corrected chi connectivity index (χ2v) is 6.77. The lowest BCUT2D eigenvalue weighted by Gasteiger charge is -2.26. The highest BCUT2D eigenvalue weighted by Crippen LogP contribution is 2.26. The molecule has 1 aromatic carbocycles. The summed E-state index contributed by atoms with van der Waals surface area (Å²) in [6.07, 6.45) is 3.13. The Balaban J connectivity index is 2.01. The normalized spacial score (nSPS) is 11.5. The molecule has 1 atom stereocenters. The number of aromatic nitrogens is 2. The summed E-state index contributed by atoms with van der Waals surface area (Å²) in [6.45, 7) is 1.94. The Morgan fingerprint density at radius 1 is 1.10 bits per heavy atom. The number of nitrogens with zero attached hydrogens (tertiary/aromatic N) is 3. The summed E-state index contributed by atoms with van der Waals surface area (Å²) < 4.78 is 5.16. The van der Waals surface area contributed by atoms with E-state index in [-0.39, 0.29) is 18.9 Å². The largest absolute Gasteiger partial charge is 0.508 e. The molecule has 30 heavy (non-hydrogen) atoms. The van der Waals surface area contributed by atoms with Gasteiger partial charge in [-0.05, 0) is 48.4 Å². The molecule has 0 saturated carbocycles. The van der Waals surface area contributed by atoms with Crippen LogP contribution in [0.2, 0.25) is 5.15 Å². The predicted molar refractivity (Wildman–Crippen MR) is 112 cm³/mol. The van der Waals surface area contributed by atoms with Gasteiger partial charge in [-0.25, -0.2) is 9.97 Å². The Morgan fingerprint density at radius 2 is 1.87 bits per heavy atom. The van der Waals surface area contributed by atoms with Gasteiger partial charge in [-0.15, -0.1) is 0 Å². The van der Waals surface area contributed by atoms with Gasteiger partial charge in [0.2, 0.25) is 5.91 Å². The minimum absolute atomic E-state index is 0.0302. The molecule has 0 radical (unpaired) electrons. The van der Waals surface area contributed by atoms with Crippen molar-refractivity contribution in [3.63, 3.8) is 0 Å². The lowest BCUT2D eigenvalue weighted by molar-refractivity contribution is -0.147. The topological polar surface area (TPSA) is 92.6 Å². The number of benzene rings is 1. The SMILES string of the molecule is CCOC(=O)C(C(=O)N(Cc1ccc(Cl)nc1)c1ccccn1)c1ccc(O)cc1. The van der Waals surface area contributed by atoms with Gasteiger partial charge in [-0.1, -0.05) is 35.9 Å². The van der Waals surface area contributed by atoms with Gasteiger partial charge in [0, 0.05) is 12.4 Å². The minimum atomic E-state index is -1.21. The highest BCUT2D eigenvalue weighted by atomic mass is 35.5. The lowest BCUT2D eigenvalue weighted by atomic mass is 9.97. The number of esters is 1. The zero-order valence-electron chi connectivity index (χ0n) is 16.2. The van der Waals surface area contributed by atoms with Gasteiger partial charge < -0.3 is 9.84 Å². The number of halogens is 1. The average molecular weight is 426 g/mol. The Kier molecular flexibility index (Phi) is 6.98. The zero-order valence-corrected chi connectivity index (χ0v) is 17.0. The van der Waals surface area contributed by atoms with Crippen LogP contribution < -0.4 is 4.90 Å². The summed E-state index contributed by atoms with van der Waals surface area (Å²) >= 11 is 5.86. The van der Waals surface area contributed by atoms with E-state index in [1.165, 1.54) is 29.2 Å². The van der Waals surface area contributed by atoms with Crippen LogP contribution >= 0.6 is 11.6 Å². The Labute approximate surface area is 178 Å². The van der Waals surface area contributed by atoms with Gasteiger partial charge in [0.25, 0.3) is 0 Å². The molecule has 0 spiro atoms. The van der Waals surface area contributed by atoms with Crippen LogP contribution in [0.3, 0.4) is 0 Å². The van der Waals surface area contributed by atoms with Crippen LogP contribution in [-0.4, -0.2) is 33.6 Å². The maximum Gasteiger partial charge on any atom is 0.323 e. The van der Waals surface area contributed by atoms with Crippen molar-refractivity contribution in [2.24, 2.45) is 0 Å². The van der Waals surface area contributed by atoms with Crippen molar-refractivity contribution in [1.82, 2.24) is 9.97 Å². The molecule has 8 heteroatoms. The fourth-order valence-corrected chi connectivity index (χ4v) is 3.01. The van der Waals surface area contributed by atoms with Gasteiger partial charge in [0.05, 0.1) is 13.2 Å². The summed E-state index contributed by atoms with van der Waals surface area (Å²) in [5, 5.41) is 9.92. The molecule has 154 valence electrons. The van der Waals surface area contributed by atoms with Crippen molar-refractivity contribution < 1.29 is 19.4 Å². The maximum atomic E-state index is 13.6. The first-order valence-electron chi connectivity index (χ1n) is 9.28. The number of hydrogen-bond acceptors (Lipinski definition) is 6. The van der Waals surface area contributed by atoms with Crippen LogP contribution in [0.25, 0.3) is 0 Å². The van der Waals surface area contributed by atoms with Crippen LogP contribution in [-0.2, 0) is 20.9 Å². The number of amides is 1. The van der Waals surface area contributed by atoms with Gasteiger partial charge in [-0.2, -0.15) is 0 Å². The summed E-state index contributed by atoms with van der Waals surface area (Å²) in [5.41, 5.74) is 1.12. The average Bonchev–Trinajstić information content (AvgIpc) is 2.75. The quantitative estimate of drug-likeness (QED) is 0.352. The van der Waals surface area contributed by atoms with Crippen LogP contribution in [0, 0.1) is 0 Å². The van der Waals surface area contributed by atoms with Crippen molar-refractivity contribution in [3.8, 4) is 5.75 Å². The number of phenols is 1. The fraction of sp³-hybridized carbons (Fsp3) is 0.182. The van der Waals surface area contributed by atoms with Crippen molar-refractivity contribution in [3.05, 3.63) is 83.3 Å². The Bertz CT molecular complexity index is 995. The molecule has 3 rings (SSSR count). The molecular weight excluding hydrogens is 406 g/mol. The predicted octanol–water partition coefficient (Wildman–Crippen LogP) is 3.72. The number of anilines is 1. The van der Waals surface area contributed by atoms with E-state index in [9.17, 15) is 14.7 Å². The number of rotatable bonds is 7. The van der Waals surface area contributed by atoms with Crippen molar-refractivity contribution in [1.29, 1.82) is 0 Å². The number of hydrogen-bond donors (Lipinski definition) is 1. The highest BCUT2D eigenvalue weighted by molar-refractivity contribution is 6.29. The van der Waals surface area contributed by atoms with Gasteiger partial charge in [-0.3, -0.25) is 14.5 Å². The first-order chi connectivity index (χ1) is 14.5. The first kappa shape index (κ1) is 21.3. The van der Waals surface area contributed by atoms with E-state index in [0.717, 1.165) is 0 Å². The number of pyridine rings is 2. The molecule has 1 amide bonds. The van der Waals surface area contributed by atoms with E-state index in [4.69, 9.17) is 16.3 Å². The standard InChI is InChI=1S/C22H20ClN3O4/c1-2-30-22(29)20(16-7-9-17(27)10-8-16)21(28)26(19-5-3-4-12-24-19)14-15-6-11-18(23)25-13-15/h3-13,20,27H,2,14H2,1H3. The lowest BCUT2D eigenvalue weighted by Crippen LogP contribution is -2.39. The van der Waals surface area contributed by atoms with Crippen LogP contribution in [0.1, 0.15) is 24.0 Å². The van der Waals surface area contributed by atoms with Crippen LogP contribution in [0.5, 0.6) is 5.75 Å². The monoisotopic (exact) mass is 425 g/mol.